The third-order valence-corrected chi connectivity index (χ3v) is 3.61. The first-order valence-electron chi connectivity index (χ1n) is 7.96. The summed E-state index contributed by atoms with van der Waals surface area (Å²) < 4.78 is 10.7. The molecule has 0 bridgehead atoms. The molecule has 1 aromatic heterocycles. The molecular formula is C15H26N4O3. The highest BCUT2D eigenvalue weighted by molar-refractivity contribution is 5.75. The number of amides is 1. The number of carbonyl (C=O) groups is 1. The lowest BCUT2D eigenvalue weighted by atomic mass is 10.2. The van der Waals surface area contributed by atoms with Crippen molar-refractivity contribution in [1.29, 1.82) is 0 Å². The van der Waals surface area contributed by atoms with Crippen molar-refractivity contribution in [3.8, 4) is 0 Å². The molecule has 7 heteroatoms. The van der Waals surface area contributed by atoms with Crippen molar-refractivity contribution in [2.75, 3.05) is 26.2 Å². The van der Waals surface area contributed by atoms with E-state index in [2.05, 4.69) is 34.2 Å². The SMILES string of the molecule is Cc1noc(CCCC(=O)NCCN2C[C@H](C)O[C@@H](C)C2)n1. The lowest BCUT2D eigenvalue weighted by molar-refractivity contribution is -0.121. The fraction of sp³-hybridized carbons (Fsp3) is 0.800. The van der Waals surface area contributed by atoms with Crippen LogP contribution in [0.2, 0.25) is 0 Å². The van der Waals surface area contributed by atoms with Crippen LogP contribution in [0.15, 0.2) is 4.52 Å². The fourth-order valence-electron chi connectivity index (χ4n) is 2.75. The van der Waals surface area contributed by atoms with Crippen LogP contribution in [0.5, 0.6) is 0 Å². The van der Waals surface area contributed by atoms with Gasteiger partial charge in [-0.1, -0.05) is 5.16 Å². The number of hydrogen-bond donors (Lipinski definition) is 1. The Morgan fingerprint density at radius 1 is 1.36 bits per heavy atom. The second kappa shape index (κ2) is 8.24. The van der Waals surface area contributed by atoms with Crippen LogP contribution in [-0.4, -0.2) is 59.3 Å². The molecule has 1 saturated heterocycles. The summed E-state index contributed by atoms with van der Waals surface area (Å²) in [4.78, 5) is 18.2. The van der Waals surface area contributed by atoms with Crippen LogP contribution in [0.4, 0.5) is 0 Å². The Labute approximate surface area is 131 Å². The Kier molecular flexibility index (Phi) is 6.33. The number of nitrogens with one attached hydrogen (secondary N) is 1. The van der Waals surface area contributed by atoms with E-state index >= 15 is 0 Å². The Morgan fingerprint density at radius 2 is 2.09 bits per heavy atom. The monoisotopic (exact) mass is 310 g/mol. The topological polar surface area (TPSA) is 80.5 Å². The van der Waals surface area contributed by atoms with Crippen LogP contribution in [0.1, 0.15) is 38.4 Å². The first kappa shape index (κ1) is 16.9. The molecular weight excluding hydrogens is 284 g/mol. The van der Waals surface area contributed by atoms with Gasteiger partial charge < -0.3 is 14.6 Å². The Balaban J connectivity index is 1.55. The Morgan fingerprint density at radius 3 is 2.73 bits per heavy atom. The molecule has 0 unspecified atom stereocenters. The van der Waals surface area contributed by atoms with Crippen LogP contribution in [0.25, 0.3) is 0 Å². The molecule has 1 fully saturated rings. The number of aryl methyl sites for hydroxylation is 2. The predicted molar refractivity (Wildman–Crippen MR) is 81.4 cm³/mol. The molecule has 0 aromatic carbocycles. The van der Waals surface area contributed by atoms with E-state index < -0.39 is 0 Å². The third kappa shape index (κ3) is 5.73. The van der Waals surface area contributed by atoms with Gasteiger partial charge in [0.25, 0.3) is 0 Å². The third-order valence-electron chi connectivity index (χ3n) is 3.61. The normalized spacial score (nSPS) is 22.7. The van der Waals surface area contributed by atoms with Gasteiger partial charge in [-0.05, 0) is 27.2 Å². The lowest BCUT2D eigenvalue weighted by Crippen LogP contribution is -2.47. The number of aromatic nitrogens is 2. The summed E-state index contributed by atoms with van der Waals surface area (Å²) in [6.45, 7) is 9.35. The van der Waals surface area contributed by atoms with Crippen LogP contribution < -0.4 is 5.32 Å². The quantitative estimate of drug-likeness (QED) is 0.807. The molecule has 2 rings (SSSR count). The minimum absolute atomic E-state index is 0.0746. The van der Waals surface area contributed by atoms with E-state index in [0.29, 0.717) is 31.1 Å². The Hall–Kier alpha value is -1.47. The van der Waals surface area contributed by atoms with Gasteiger partial charge in [-0.3, -0.25) is 9.69 Å². The highest BCUT2D eigenvalue weighted by atomic mass is 16.5. The van der Waals surface area contributed by atoms with Crippen molar-refractivity contribution in [2.45, 2.75) is 52.2 Å². The summed E-state index contributed by atoms with van der Waals surface area (Å²) in [5.41, 5.74) is 0. The van der Waals surface area contributed by atoms with Gasteiger partial charge in [-0.25, -0.2) is 0 Å². The maximum Gasteiger partial charge on any atom is 0.226 e. The highest BCUT2D eigenvalue weighted by Gasteiger charge is 2.21. The molecule has 0 radical (unpaired) electrons. The molecule has 1 N–H and O–H groups in total. The average Bonchev–Trinajstić information content (AvgIpc) is 2.83. The smallest absolute Gasteiger partial charge is 0.226 e. The van der Waals surface area contributed by atoms with Gasteiger partial charge in [0.05, 0.1) is 12.2 Å². The van der Waals surface area contributed by atoms with Gasteiger partial charge in [-0.15, -0.1) is 0 Å². The van der Waals surface area contributed by atoms with Gasteiger partial charge in [0, 0.05) is 39.0 Å². The van der Waals surface area contributed by atoms with Crippen LogP contribution >= 0.6 is 0 Å². The molecule has 22 heavy (non-hydrogen) atoms. The van der Waals surface area contributed by atoms with E-state index in [1.54, 1.807) is 6.92 Å². The molecule has 2 atom stereocenters. The first-order valence-corrected chi connectivity index (χ1v) is 7.96. The number of nitrogens with zero attached hydrogens (tertiary/aromatic N) is 3. The van der Waals surface area contributed by atoms with E-state index in [1.165, 1.54) is 0 Å². The molecule has 0 saturated carbocycles. The number of ether oxygens (including phenoxy) is 1. The molecule has 7 nitrogen and oxygen atoms in total. The van der Waals surface area contributed by atoms with Crippen molar-refractivity contribution in [3.05, 3.63) is 11.7 Å². The summed E-state index contributed by atoms with van der Waals surface area (Å²) in [7, 11) is 0. The van der Waals surface area contributed by atoms with Gasteiger partial charge in [0.15, 0.2) is 5.82 Å². The number of carbonyl (C=O) groups excluding carboxylic acids is 1. The van der Waals surface area contributed by atoms with Crippen LogP contribution in [0, 0.1) is 6.92 Å². The molecule has 0 aliphatic carbocycles. The molecule has 2 heterocycles. The Bertz CT molecular complexity index is 467. The van der Waals surface area contributed by atoms with Crippen molar-refractivity contribution >= 4 is 5.91 Å². The second-order valence-corrected chi connectivity index (χ2v) is 5.96. The molecule has 1 aliphatic rings. The molecule has 124 valence electrons. The van der Waals surface area contributed by atoms with Crippen molar-refractivity contribution in [2.24, 2.45) is 0 Å². The minimum Gasteiger partial charge on any atom is -0.373 e. The molecule has 0 spiro atoms. The maximum absolute atomic E-state index is 11.8. The van der Waals surface area contributed by atoms with Crippen molar-refractivity contribution in [3.63, 3.8) is 0 Å². The van der Waals surface area contributed by atoms with Gasteiger partial charge in [0.1, 0.15) is 0 Å². The van der Waals surface area contributed by atoms with E-state index in [0.717, 1.165) is 26.1 Å². The summed E-state index contributed by atoms with van der Waals surface area (Å²) in [6.07, 6.45) is 2.37. The predicted octanol–water partition coefficient (Wildman–Crippen LogP) is 0.926. The van der Waals surface area contributed by atoms with Crippen molar-refractivity contribution in [1.82, 2.24) is 20.4 Å². The largest absolute Gasteiger partial charge is 0.373 e. The van der Waals surface area contributed by atoms with E-state index in [-0.39, 0.29) is 18.1 Å². The fourth-order valence-corrected chi connectivity index (χ4v) is 2.75. The molecule has 1 amide bonds. The van der Waals surface area contributed by atoms with Gasteiger partial charge in [0.2, 0.25) is 11.8 Å². The van der Waals surface area contributed by atoms with Gasteiger partial charge in [-0.2, -0.15) is 4.98 Å². The standard InChI is InChI=1S/C15H26N4O3/c1-11-9-19(10-12(2)21-11)8-7-16-14(20)5-4-6-15-17-13(3)18-22-15/h11-12H,4-10H2,1-3H3,(H,16,20)/t11-,12-/m0/s1. The van der Waals surface area contributed by atoms with Crippen LogP contribution in [0.3, 0.4) is 0 Å². The number of morpholine rings is 1. The molecule has 1 aromatic rings. The van der Waals surface area contributed by atoms with Gasteiger partial charge >= 0.3 is 0 Å². The second-order valence-electron chi connectivity index (χ2n) is 5.96. The van der Waals surface area contributed by atoms with Crippen LogP contribution in [-0.2, 0) is 16.0 Å². The van der Waals surface area contributed by atoms with E-state index in [9.17, 15) is 4.79 Å². The van der Waals surface area contributed by atoms with E-state index in [4.69, 9.17) is 9.26 Å². The van der Waals surface area contributed by atoms with Crippen molar-refractivity contribution < 1.29 is 14.1 Å². The summed E-state index contributed by atoms with van der Waals surface area (Å²) >= 11 is 0. The maximum atomic E-state index is 11.8. The zero-order valence-electron chi connectivity index (χ0n) is 13.7. The van der Waals surface area contributed by atoms with E-state index in [1.807, 2.05) is 0 Å². The summed E-state index contributed by atoms with van der Waals surface area (Å²) in [5, 5.41) is 6.69. The first-order chi connectivity index (χ1) is 10.5. The highest BCUT2D eigenvalue weighted by Crippen LogP contribution is 2.09. The summed E-state index contributed by atoms with van der Waals surface area (Å²) in [6, 6.07) is 0. The average molecular weight is 310 g/mol. The zero-order chi connectivity index (χ0) is 15.9. The number of rotatable bonds is 7. The zero-order valence-corrected chi connectivity index (χ0v) is 13.7. The summed E-state index contributed by atoms with van der Waals surface area (Å²) in [5.74, 6) is 1.31. The molecule has 1 aliphatic heterocycles. The number of hydrogen-bond acceptors (Lipinski definition) is 6. The lowest BCUT2D eigenvalue weighted by Gasteiger charge is -2.35. The minimum atomic E-state index is 0.0746.